The van der Waals surface area contributed by atoms with Gasteiger partial charge in [-0.25, -0.2) is 14.5 Å². The molecule has 1 N–H and O–H groups in total. The molecular formula is C24H23N5O2. The van der Waals surface area contributed by atoms with Crippen LogP contribution in [0.2, 0.25) is 0 Å². The number of hydrogen-bond donors (Lipinski definition) is 1. The van der Waals surface area contributed by atoms with Crippen LogP contribution in [0.15, 0.2) is 60.9 Å². The largest absolute Gasteiger partial charge is 0.478 e. The average molecular weight is 413 g/mol. The van der Waals surface area contributed by atoms with Crippen molar-refractivity contribution >= 4 is 22.7 Å². The summed E-state index contributed by atoms with van der Waals surface area (Å²) in [6.07, 6.45) is 7.48. The van der Waals surface area contributed by atoms with Crippen molar-refractivity contribution in [3.05, 3.63) is 66.5 Å². The minimum absolute atomic E-state index is 0.111. The number of nitrogens with zero attached hydrogens (tertiary/aromatic N) is 5. The molecule has 1 saturated heterocycles. The smallest absolute Gasteiger partial charge is 0.338 e. The van der Waals surface area contributed by atoms with Gasteiger partial charge in [0.2, 0.25) is 0 Å². The van der Waals surface area contributed by atoms with Gasteiger partial charge < -0.3 is 10.0 Å². The van der Waals surface area contributed by atoms with E-state index in [9.17, 15) is 9.90 Å². The van der Waals surface area contributed by atoms with Crippen LogP contribution in [-0.2, 0) is 0 Å². The Balaban J connectivity index is 1.67. The number of carboxylic acids is 1. The number of aromatic carboxylic acids is 1. The van der Waals surface area contributed by atoms with Crippen molar-refractivity contribution in [2.24, 2.45) is 0 Å². The second-order valence-corrected chi connectivity index (χ2v) is 7.83. The monoisotopic (exact) mass is 413 g/mol. The van der Waals surface area contributed by atoms with E-state index in [1.807, 2.05) is 24.3 Å². The van der Waals surface area contributed by atoms with Crippen LogP contribution in [0.4, 0.5) is 5.82 Å². The number of hydrogen-bond acceptors (Lipinski definition) is 5. The van der Waals surface area contributed by atoms with E-state index in [4.69, 9.17) is 9.97 Å². The number of fused-ring (bicyclic) bond motifs is 1. The van der Waals surface area contributed by atoms with Gasteiger partial charge in [0.1, 0.15) is 5.82 Å². The van der Waals surface area contributed by atoms with Gasteiger partial charge in [-0.2, -0.15) is 10.1 Å². The Bertz CT molecular complexity index is 1230. The van der Waals surface area contributed by atoms with Crippen molar-refractivity contribution in [2.45, 2.75) is 25.7 Å². The minimum atomic E-state index is -1.02. The zero-order chi connectivity index (χ0) is 21.2. The molecule has 0 amide bonds. The highest BCUT2D eigenvalue weighted by Crippen LogP contribution is 2.31. The van der Waals surface area contributed by atoms with Crippen LogP contribution in [0.3, 0.4) is 0 Å². The summed E-state index contributed by atoms with van der Waals surface area (Å²) in [7, 11) is 0. The molecule has 0 saturated carbocycles. The summed E-state index contributed by atoms with van der Waals surface area (Å²) in [5.74, 6) is 0.242. The normalized spacial score (nSPS) is 14.5. The molecule has 4 aromatic rings. The first-order valence-corrected chi connectivity index (χ1v) is 10.6. The summed E-state index contributed by atoms with van der Waals surface area (Å²) in [5.41, 5.74) is 3.19. The molecule has 2 aromatic carbocycles. The van der Waals surface area contributed by atoms with Crippen molar-refractivity contribution in [3.8, 4) is 17.1 Å². The maximum Gasteiger partial charge on any atom is 0.338 e. The van der Waals surface area contributed by atoms with Crippen LogP contribution in [0.5, 0.6) is 0 Å². The molecule has 0 atom stereocenters. The van der Waals surface area contributed by atoms with Crippen molar-refractivity contribution in [1.82, 2.24) is 19.7 Å². The highest BCUT2D eigenvalue weighted by atomic mass is 16.4. The fourth-order valence-corrected chi connectivity index (χ4v) is 4.08. The van der Waals surface area contributed by atoms with E-state index in [-0.39, 0.29) is 5.56 Å². The molecular weight excluding hydrogens is 390 g/mol. The highest BCUT2D eigenvalue weighted by molar-refractivity contribution is 5.93. The number of carboxylic acid groups (broad SMARTS) is 1. The molecule has 2 aromatic heterocycles. The molecule has 5 rings (SSSR count). The van der Waals surface area contributed by atoms with E-state index in [1.54, 1.807) is 0 Å². The van der Waals surface area contributed by atoms with Gasteiger partial charge in [0.15, 0.2) is 0 Å². The number of carbonyl (C=O) groups is 1. The van der Waals surface area contributed by atoms with Crippen LogP contribution < -0.4 is 4.90 Å². The number of rotatable bonds is 4. The first-order chi connectivity index (χ1) is 15.2. The summed E-state index contributed by atoms with van der Waals surface area (Å²) >= 11 is 0. The number of benzene rings is 2. The van der Waals surface area contributed by atoms with Crippen LogP contribution >= 0.6 is 0 Å². The van der Waals surface area contributed by atoms with Crippen molar-refractivity contribution in [1.29, 1.82) is 0 Å². The Hall–Kier alpha value is -3.74. The third-order valence-electron chi connectivity index (χ3n) is 5.71. The Morgan fingerprint density at radius 1 is 0.903 bits per heavy atom. The number of aromatic nitrogens is 4. The molecule has 0 spiro atoms. The second kappa shape index (κ2) is 8.18. The Morgan fingerprint density at radius 2 is 1.68 bits per heavy atom. The fraction of sp³-hybridized carbons (Fsp3) is 0.250. The molecule has 1 aliphatic heterocycles. The lowest BCUT2D eigenvalue weighted by Crippen LogP contribution is -2.26. The molecule has 0 radical (unpaired) electrons. The van der Waals surface area contributed by atoms with Gasteiger partial charge in [-0.3, -0.25) is 0 Å². The van der Waals surface area contributed by atoms with E-state index in [0.29, 0.717) is 5.95 Å². The molecule has 3 heterocycles. The summed E-state index contributed by atoms with van der Waals surface area (Å²) in [4.78, 5) is 23.2. The summed E-state index contributed by atoms with van der Waals surface area (Å²) < 4.78 is 1.44. The molecule has 0 aliphatic carbocycles. The fourth-order valence-electron chi connectivity index (χ4n) is 4.08. The van der Waals surface area contributed by atoms with Gasteiger partial charge in [-0.15, -0.1) is 0 Å². The Kier molecular flexibility index (Phi) is 5.08. The van der Waals surface area contributed by atoms with E-state index in [1.165, 1.54) is 29.9 Å². The third-order valence-corrected chi connectivity index (χ3v) is 5.71. The van der Waals surface area contributed by atoms with Crippen LogP contribution in [-0.4, -0.2) is 43.9 Å². The first-order valence-electron chi connectivity index (χ1n) is 10.6. The molecule has 0 bridgehead atoms. The Labute approximate surface area is 180 Å². The minimum Gasteiger partial charge on any atom is -0.478 e. The lowest BCUT2D eigenvalue weighted by Gasteiger charge is -2.23. The molecule has 1 aliphatic rings. The van der Waals surface area contributed by atoms with E-state index in [2.05, 4.69) is 34.3 Å². The van der Waals surface area contributed by atoms with E-state index < -0.39 is 5.97 Å². The van der Waals surface area contributed by atoms with Crippen molar-refractivity contribution < 1.29 is 9.90 Å². The SMILES string of the molecule is O=C(O)c1cnn(-c2nc(N3CCCCCC3)c3cc(-c4ccccc4)ccc3n2)c1. The zero-order valence-corrected chi connectivity index (χ0v) is 17.1. The predicted molar refractivity (Wildman–Crippen MR) is 120 cm³/mol. The Morgan fingerprint density at radius 3 is 2.39 bits per heavy atom. The first kappa shape index (κ1) is 19.2. The van der Waals surface area contributed by atoms with Crippen LogP contribution in [0.25, 0.3) is 28.0 Å². The molecule has 0 unspecified atom stereocenters. The topological polar surface area (TPSA) is 84.1 Å². The quantitative estimate of drug-likeness (QED) is 0.528. The standard InChI is InChI=1S/C24H23N5O2/c30-23(31)19-15-25-29(16-19)24-26-21-11-10-18(17-8-4-3-5-9-17)14-20(21)22(27-24)28-12-6-1-2-7-13-28/h3-5,8-11,14-16H,1-2,6-7,12-13H2,(H,30,31). The van der Waals surface area contributed by atoms with E-state index in [0.717, 1.165) is 53.8 Å². The van der Waals surface area contributed by atoms with Gasteiger partial charge in [0, 0.05) is 24.7 Å². The highest BCUT2D eigenvalue weighted by Gasteiger charge is 2.19. The van der Waals surface area contributed by atoms with Gasteiger partial charge in [0.25, 0.3) is 5.95 Å². The van der Waals surface area contributed by atoms with Gasteiger partial charge >= 0.3 is 5.97 Å². The van der Waals surface area contributed by atoms with Crippen molar-refractivity contribution in [3.63, 3.8) is 0 Å². The summed E-state index contributed by atoms with van der Waals surface area (Å²) in [6.45, 7) is 1.89. The third kappa shape index (κ3) is 3.86. The van der Waals surface area contributed by atoms with Crippen molar-refractivity contribution in [2.75, 3.05) is 18.0 Å². The molecule has 1 fully saturated rings. The molecule has 7 nitrogen and oxygen atoms in total. The van der Waals surface area contributed by atoms with E-state index >= 15 is 0 Å². The van der Waals surface area contributed by atoms with Gasteiger partial charge in [-0.05, 0) is 36.1 Å². The predicted octanol–water partition coefficient (Wildman–Crippen LogP) is 4.56. The van der Waals surface area contributed by atoms with Gasteiger partial charge in [0.05, 0.1) is 17.3 Å². The number of anilines is 1. The maximum atomic E-state index is 11.3. The second-order valence-electron chi connectivity index (χ2n) is 7.83. The lowest BCUT2D eigenvalue weighted by molar-refractivity contribution is 0.0697. The van der Waals surface area contributed by atoms with Crippen LogP contribution in [0.1, 0.15) is 36.0 Å². The summed E-state index contributed by atoms with van der Waals surface area (Å²) in [5, 5.41) is 14.4. The van der Waals surface area contributed by atoms with Gasteiger partial charge in [-0.1, -0.05) is 49.2 Å². The molecule has 7 heteroatoms. The summed E-state index contributed by atoms with van der Waals surface area (Å²) in [6, 6.07) is 16.5. The molecule has 31 heavy (non-hydrogen) atoms. The average Bonchev–Trinajstić information content (AvgIpc) is 3.15. The molecule has 156 valence electrons. The lowest BCUT2D eigenvalue weighted by atomic mass is 10.0. The maximum absolute atomic E-state index is 11.3. The van der Waals surface area contributed by atoms with Crippen LogP contribution in [0, 0.1) is 0 Å². The zero-order valence-electron chi connectivity index (χ0n) is 17.1.